The van der Waals surface area contributed by atoms with Gasteiger partial charge in [-0.1, -0.05) is 11.6 Å². The monoisotopic (exact) mass is 394 g/mol. The van der Waals surface area contributed by atoms with Gasteiger partial charge in [0.15, 0.2) is 0 Å². The predicted octanol–water partition coefficient (Wildman–Crippen LogP) is 2.62. The van der Waals surface area contributed by atoms with Gasteiger partial charge in [0.25, 0.3) is 0 Å². The fraction of sp³-hybridized carbons (Fsp3) is 0.625. The minimum Gasteiger partial charge on any atom is -0.356 e. The Morgan fingerprint density at radius 3 is 2.79 bits per heavy atom. The van der Waals surface area contributed by atoms with Crippen LogP contribution in [0.1, 0.15) is 19.3 Å². The summed E-state index contributed by atoms with van der Waals surface area (Å²) in [6, 6.07) is 4.26. The molecule has 0 unspecified atom stereocenters. The third-order valence-electron chi connectivity index (χ3n) is 4.78. The van der Waals surface area contributed by atoms with Crippen LogP contribution in [-0.2, 0) is 4.79 Å². The van der Waals surface area contributed by atoms with Crippen LogP contribution in [-0.4, -0.2) is 55.1 Å². The standard InChI is InChI=1S/C16H23ClN4O.2ClH/c1-18-7-9-21-14-6-8-20(11-12(14)2-5-16(21)22)15-4-3-13(17)10-19-15;;/h3-4,10,12,14,18H,2,5-9,11H2,1H3;2*1H/t12-,14+;;/m0../s1. The average Bonchev–Trinajstić information content (AvgIpc) is 2.54. The van der Waals surface area contributed by atoms with Crippen LogP contribution in [0.4, 0.5) is 5.82 Å². The van der Waals surface area contributed by atoms with E-state index in [-0.39, 0.29) is 24.8 Å². The first-order valence-electron chi connectivity index (χ1n) is 7.99. The molecule has 0 bridgehead atoms. The lowest BCUT2D eigenvalue weighted by Gasteiger charge is -2.47. The molecule has 2 aliphatic rings. The number of likely N-dealkylation sites (tertiary alicyclic amines) is 1. The first kappa shape index (κ1) is 21.3. The van der Waals surface area contributed by atoms with Gasteiger partial charge in [-0.2, -0.15) is 0 Å². The van der Waals surface area contributed by atoms with Crippen LogP contribution in [0.3, 0.4) is 0 Å². The lowest BCUT2D eigenvalue weighted by Crippen LogP contribution is -2.57. The quantitative estimate of drug-likeness (QED) is 0.851. The zero-order valence-electron chi connectivity index (χ0n) is 13.8. The number of nitrogens with zero attached hydrogens (tertiary/aromatic N) is 3. The lowest BCUT2D eigenvalue weighted by atomic mass is 9.83. The molecule has 5 nitrogen and oxygen atoms in total. The van der Waals surface area contributed by atoms with Gasteiger partial charge in [-0.3, -0.25) is 4.79 Å². The van der Waals surface area contributed by atoms with Crippen LogP contribution in [0.15, 0.2) is 18.3 Å². The Bertz CT molecular complexity index is 529. The van der Waals surface area contributed by atoms with Gasteiger partial charge in [0.2, 0.25) is 5.91 Å². The summed E-state index contributed by atoms with van der Waals surface area (Å²) in [5.74, 6) is 1.84. The van der Waals surface area contributed by atoms with Gasteiger partial charge in [-0.25, -0.2) is 4.98 Å². The molecule has 0 saturated carbocycles. The zero-order chi connectivity index (χ0) is 15.5. The number of fused-ring (bicyclic) bond motifs is 1. The van der Waals surface area contributed by atoms with E-state index < -0.39 is 0 Å². The van der Waals surface area contributed by atoms with E-state index in [0.29, 0.717) is 29.3 Å². The van der Waals surface area contributed by atoms with Crippen LogP contribution in [0, 0.1) is 5.92 Å². The maximum atomic E-state index is 12.2. The number of amides is 1. The highest BCUT2D eigenvalue weighted by Crippen LogP contribution is 2.32. The van der Waals surface area contributed by atoms with Crippen molar-refractivity contribution in [1.29, 1.82) is 0 Å². The van der Waals surface area contributed by atoms with Crippen LogP contribution < -0.4 is 10.2 Å². The van der Waals surface area contributed by atoms with E-state index in [2.05, 4.69) is 20.1 Å². The molecule has 0 spiro atoms. The van der Waals surface area contributed by atoms with Crippen molar-refractivity contribution in [3.05, 3.63) is 23.4 Å². The number of anilines is 1. The van der Waals surface area contributed by atoms with Gasteiger partial charge in [0, 0.05) is 44.8 Å². The first-order chi connectivity index (χ1) is 10.7. The molecule has 1 aromatic heterocycles. The molecule has 0 aromatic carbocycles. The Labute approximate surface area is 160 Å². The topological polar surface area (TPSA) is 48.5 Å². The average molecular weight is 396 g/mol. The molecule has 1 N–H and O–H groups in total. The summed E-state index contributed by atoms with van der Waals surface area (Å²) < 4.78 is 0. The van der Waals surface area contributed by atoms with E-state index in [1.54, 1.807) is 6.20 Å². The Kier molecular flexibility index (Phi) is 8.57. The highest BCUT2D eigenvalue weighted by molar-refractivity contribution is 6.30. The fourth-order valence-electron chi connectivity index (χ4n) is 3.64. The minimum absolute atomic E-state index is 0. The number of halogens is 3. The SMILES string of the molecule is CNCCN1C(=O)CC[C@H]2CN(c3ccc(Cl)cn3)CC[C@H]21.Cl.Cl. The van der Waals surface area contributed by atoms with Crippen molar-refractivity contribution in [1.82, 2.24) is 15.2 Å². The molecular formula is C16H25Cl3N4O. The van der Waals surface area contributed by atoms with Gasteiger partial charge < -0.3 is 15.1 Å². The number of hydrogen-bond acceptors (Lipinski definition) is 4. The largest absolute Gasteiger partial charge is 0.356 e. The lowest BCUT2D eigenvalue weighted by molar-refractivity contribution is -0.139. The summed E-state index contributed by atoms with van der Waals surface area (Å²) >= 11 is 5.91. The van der Waals surface area contributed by atoms with Crippen LogP contribution in [0.5, 0.6) is 0 Å². The van der Waals surface area contributed by atoms with Crippen LogP contribution >= 0.6 is 36.4 Å². The second-order valence-corrected chi connectivity index (χ2v) is 6.56. The molecule has 2 atom stereocenters. The molecule has 2 saturated heterocycles. The molecule has 8 heteroatoms. The maximum absolute atomic E-state index is 12.2. The van der Waals surface area contributed by atoms with Crippen molar-refractivity contribution < 1.29 is 4.79 Å². The van der Waals surface area contributed by atoms with E-state index in [4.69, 9.17) is 11.6 Å². The first-order valence-corrected chi connectivity index (χ1v) is 8.37. The Morgan fingerprint density at radius 1 is 1.33 bits per heavy atom. The Morgan fingerprint density at radius 2 is 2.12 bits per heavy atom. The second kappa shape index (κ2) is 9.66. The highest BCUT2D eigenvalue weighted by atomic mass is 35.5. The number of rotatable bonds is 4. The molecule has 3 rings (SSSR count). The van der Waals surface area contributed by atoms with Gasteiger partial charge in [-0.05, 0) is 37.9 Å². The van der Waals surface area contributed by atoms with Crippen molar-refractivity contribution in [3.8, 4) is 0 Å². The summed E-state index contributed by atoms with van der Waals surface area (Å²) in [4.78, 5) is 21.0. The van der Waals surface area contributed by atoms with E-state index >= 15 is 0 Å². The summed E-state index contributed by atoms with van der Waals surface area (Å²) in [7, 11) is 1.93. The van der Waals surface area contributed by atoms with Crippen molar-refractivity contribution in [2.75, 3.05) is 38.1 Å². The van der Waals surface area contributed by atoms with Gasteiger partial charge >= 0.3 is 0 Å². The molecule has 0 aliphatic carbocycles. The zero-order valence-corrected chi connectivity index (χ0v) is 16.2. The number of pyridine rings is 1. The third kappa shape index (κ3) is 4.66. The van der Waals surface area contributed by atoms with E-state index in [0.717, 1.165) is 44.8 Å². The summed E-state index contributed by atoms with van der Waals surface area (Å²) in [6.07, 6.45) is 4.38. The molecule has 1 aromatic rings. The molecule has 3 heterocycles. The van der Waals surface area contributed by atoms with Gasteiger partial charge in [-0.15, -0.1) is 24.8 Å². The predicted molar refractivity (Wildman–Crippen MR) is 103 cm³/mol. The fourth-order valence-corrected chi connectivity index (χ4v) is 3.75. The number of nitrogens with one attached hydrogen (secondary N) is 1. The van der Waals surface area contributed by atoms with E-state index in [1.807, 2.05) is 19.2 Å². The van der Waals surface area contributed by atoms with Crippen LogP contribution in [0.25, 0.3) is 0 Å². The minimum atomic E-state index is 0. The number of likely N-dealkylation sites (N-methyl/N-ethyl adjacent to an activating group) is 1. The molecule has 0 radical (unpaired) electrons. The normalized spacial score (nSPS) is 23.2. The molecule has 2 fully saturated rings. The number of hydrogen-bond donors (Lipinski definition) is 1. The summed E-state index contributed by atoms with van der Waals surface area (Å²) in [6.45, 7) is 3.59. The van der Waals surface area contributed by atoms with Crippen molar-refractivity contribution in [3.63, 3.8) is 0 Å². The molecule has 2 aliphatic heterocycles. The molecule has 136 valence electrons. The maximum Gasteiger partial charge on any atom is 0.222 e. The Balaban J connectivity index is 0.00000144. The van der Waals surface area contributed by atoms with Crippen molar-refractivity contribution >= 4 is 48.1 Å². The second-order valence-electron chi connectivity index (χ2n) is 6.13. The highest BCUT2D eigenvalue weighted by Gasteiger charge is 2.39. The summed E-state index contributed by atoms with van der Waals surface area (Å²) in [5.41, 5.74) is 0. The Hall–Kier alpha value is -0.750. The third-order valence-corrected chi connectivity index (χ3v) is 5.01. The van der Waals surface area contributed by atoms with Crippen LogP contribution in [0.2, 0.25) is 5.02 Å². The molecule has 1 amide bonds. The number of piperidine rings is 2. The van der Waals surface area contributed by atoms with Gasteiger partial charge in [0.05, 0.1) is 5.02 Å². The smallest absolute Gasteiger partial charge is 0.222 e. The summed E-state index contributed by atoms with van der Waals surface area (Å²) in [5, 5.41) is 3.81. The number of carbonyl (C=O) groups is 1. The van der Waals surface area contributed by atoms with Gasteiger partial charge in [0.1, 0.15) is 5.82 Å². The van der Waals surface area contributed by atoms with Crippen molar-refractivity contribution in [2.24, 2.45) is 5.92 Å². The number of carbonyl (C=O) groups excluding carboxylic acids is 1. The van der Waals surface area contributed by atoms with E-state index in [9.17, 15) is 4.79 Å². The molecule has 24 heavy (non-hydrogen) atoms. The molecular weight excluding hydrogens is 371 g/mol. The van der Waals surface area contributed by atoms with Crippen molar-refractivity contribution in [2.45, 2.75) is 25.3 Å². The van der Waals surface area contributed by atoms with E-state index in [1.165, 1.54) is 0 Å². The number of aromatic nitrogens is 1.